The average Bonchev–Trinajstić information content (AvgIpc) is 2.61. The summed E-state index contributed by atoms with van der Waals surface area (Å²) in [7, 11) is -3.41. The Balaban J connectivity index is 1.65. The number of sulfonamides is 1. The van der Waals surface area contributed by atoms with Crippen LogP contribution >= 0.6 is 0 Å². The van der Waals surface area contributed by atoms with Crippen molar-refractivity contribution in [2.45, 2.75) is 31.6 Å². The highest BCUT2D eigenvalue weighted by Crippen LogP contribution is 2.22. The minimum absolute atomic E-state index is 0.0435. The van der Waals surface area contributed by atoms with Gasteiger partial charge in [0.2, 0.25) is 15.9 Å². The molecule has 1 saturated heterocycles. The van der Waals surface area contributed by atoms with E-state index in [1.54, 1.807) is 17.0 Å². The molecule has 0 bridgehead atoms. The van der Waals surface area contributed by atoms with Gasteiger partial charge in [0.05, 0.1) is 5.75 Å². The maximum atomic E-state index is 12.2. The molecule has 6 heteroatoms. The Morgan fingerprint density at radius 1 is 0.960 bits per heavy atom. The smallest absolute Gasteiger partial charge is 0.226 e. The monoisotopic (exact) mass is 358 g/mol. The number of anilines is 1. The Hall–Kier alpha value is -2.18. The van der Waals surface area contributed by atoms with Crippen molar-refractivity contribution in [2.75, 3.05) is 11.4 Å². The first kappa shape index (κ1) is 17.6. The van der Waals surface area contributed by atoms with Gasteiger partial charge in [-0.05, 0) is 36.1 Å². The molecule has 0 spiro atoms. The fraction of sp³-hybridized carbons (Fsp3) is 0.316. The van der Waals surface area contributed by atoms with Gasteiger partial charge < -0.3 is 4.90 Å². The third kappa shape index (κ3) is 4.90. The molecule has 1 fully saturated rings. The molecule has 0 unspecified atom stereocenters. The van der Waals surface area contributed by atoms with E-state index in [1.165, 1.54) is 0 Å². The number of hydrogen-bond donors (Lipinski definition) is 1. The third-order valence-corrected chi connectivity index (χ3v) is 5.54. The number of amides is 1. The number of hydrogen-bond acceptors (Lipinski definition) is 3. The predicted octanol–water partition coefficient (Wildman–Crippen LogP) is 2.82. The number of rotatable bonds is 6. The fourth-order valence-corrected chi connectivity index (χ4v) is 4.07. The largest absolute Gasteiger partial charge is 0.312 e. The summed E-state index contributed by atoms with van der Waals surface area (Å²) >= 11 is 0. The first-order chi connectivity index (χ1) is 12.0. The summed E-state index contributed by atoms with van der Waals surface area (Å²) in [6.45, 7) is 0.938. The maximum absolute atomic E-state index is 12.2. The van der Waals surface area contributed by atoms with Gasteiger partial charge in [-0.1, -0.05) is 42.5 Å². The molecule has 1 aliphatic rings. The number of nitrogens with one attached hydrogen (secondary N) is 1. The molecular weight excluding hydrogens is 336 g/mol. The lowest BCUT2D eigenvalue weighted by Crippen LogP contribution is -2.35. The van der Waals surface area contributed by atoms with Gasteiger partial charge in [0.15, 0.2) is 0 Å². The molecule has 2 aromatic rings. The Bertz CT molecular complexity index is 835. The second-order valence-corrected chi connectivity index (χ2v) is 8.05. The number of piperidine rings is 1. The van der Waals surface area contributed by atoms with Crippen LogP contribution in [0.1, 0.15) is 30.4 Å². The van der Waals surface area contributed by atoms with Crippen molar-refractivity contribution in [3.8, 4) is 0 Å². The Morgan fingerprint density at radius 3 is 2.48 bits per heavy atom. The van der Waals surface area contributed by atoms with Gasteiger partial charge in [-0.25, -0.2) is 13.1 Å². The standard InChI is InChI=1S/C19H22N2O3S/c22-19-11-4-5-12-21(19)18-10-6-9-17(13-18)14-20-25(23,24)15-16-7-2-1-3-8-16/h1-3,6-10,13,20H,4-5,11-12,14-15H2. The molecule has 1 amide bonds. The lowest BCUT2D eigenvalue weighted by atomic mass is 10.1. The number of carbonyl (C=O) groups is 1. The van der Waals surface area contributed by atoms with E-state index in [2.05, 4.69) is 4.72 Å². The maximum Gasteiger partial charge on any atom is 0.226 e. The van der Waals surface area contributed by atoms with Crippen molar-refractivity contribution in [3.05, 3.63) is 65.7 Å². The SMILES string of the molecule is O=C1CCCCN1c1cccc(CNS(=O)(=O)Cc2ccccc2)c1. The molecule has 25 heavy (non-hydrogen) atoms. The lowest BCUT2D eigenvalue weighted by molar-refractivity contribution is -0.119. The van der Waals surface area contributed by atoms with Gasteiger partial charge in [0.1, 0.15) is 0 Å². The molecule has 0 saturated carbocycles. The minimum atomic E-state index is -3.41. The Labute approximate surface area is 148 Å². The highest BCUT2D eigenvalue weighted by molar-refractivity contribution is 7.88. The normalized spacial score (nSPS) is 15.4. The van der Waals surface area contributed by atoms with E-state index in [4.69, 9.17) is 0 Å². The van der Waals surface area contributed by atoms with E-state index in [0.717, 1.165) is 36.2 Å². The summed E-state index contributed by atoms with van der Waals surface area (Å²) in [6.07, 6.45) is 2.52. The quantitative estimate of drug-likeness (QED) is 0.863. The van der Waals surface area contributed by atoms with Crippen molar-refractivity contribution in [1.29, 1.82) is 0 Å². The van der Waals surface area contributed by atoms with Crippen LogP contribution < -0.4 is 9.62 Å². The molecule has 0 aromatic heterocycles. The van der Waals surface area contributed by atoms with E-state index >= 15 is 0 Å². The highest BCUT2D eigenvalue weighted by Gasteiger charge is 2.19. The third-order valence-electron chi connectivity index (χ3n) is 4.24. The van der Waals surface area contributed by atoms with Gasteiger partial charge in [0, 0.05) is 25.2 Å². The summed E-state index contributed by atoms with van der Waals surface area (Å²) in [4.78, 5) is 13.8. The number of nitrogens with zero attached hydrogens (tertiary/aromatic N) is 1. The van der Waals surface area contributed by atoms with Gasteiger partial charge in [0.25, 0.3) is 0 Å². The summed E-state index contributed by atoms with van der Waals surface area (Å²) in [5, 5.41) is 0. The van der Waals surface area contributed by atoms with E-state index in [-0.39, 0.29) is 18.2 Å². The topological polar surface area (TPSA) is 66.5 Å². The van der Waals surface area contributed by atoms with Crippen LogP contribution in [0.3, 0.4) is 0 Å². The zero-order valence-electron chi connectivity index (χ0n) is 14.0. The second-order valence-electron chi connectivity index (χ2n) is 6.24. The van der Waals surface area contributed by atoms with Crippen molar-refractivity contribution >= 4 is 21.6 Å². The van der Waals surface area contributed by atoms with Crippen LogP contribution in [0.15, 0.2) is 54.6 Å². The summed E-state index contributed by atoms with van der Waals surface area (Å²) in [5.74, 6) is 0.0890. The molecule has 0 atom stereocenters. The first-order valence-electron chi connectivity index (χ1n) is 8.44. The van der Waals surface area contributed by atoms with Crippen molar-refractivity contribution in [3.63, 3.8) is 0 Å². The molecule has 5 nitrogen and oxygen atoms in total. The second kappa shape index (κ2) is 7.80. The molecule has 1 heterocycles. The zero-order valence-corrected chi connectivity index (χ0v) is 14.8. The van der Waals surface area contributed by atoms with Crippen molar-refractivity contribution in [1.82, 2.24) is 4.72 Å². The molecule has 132 valence electrons. The lowest BCUT2D eigenvalue weighted by Gasteiger charge is -2.27. The van der Waals surface area contributed by atoms with Crippen LogP contribution in [0.25, 0.3) is 0 Å². The Kier molecular flexibility index (Phi) is 5.50. The van der Waals surface area contributed by atoms with Gasteiger partial charge in [-0.15, -0.1) is 0 Å². The molecule has 1 N–H and O–H groups in total. The number of benzene rings is 2. The highest BCUT2D eigenvalue weighted by atomic mass is 32.2. The average molecular weight is 358 g/mol. The molecule has 0 aliphatic carbocycles. The Morgan fingerprint density at radius 2 is 1.72 bits per heavy atom. The molecule has 0 radical (unpaired) electrons. The van der Waals surface area contributed by atoms with E-state index < -0.39 is 10.0 Å². The van der Waals surface area contributed by atoms with Crippen LogP contribution in [-0.2, 0) is 27.1 Å². The zero-order chi connectivity index (χ0) is 17.7. The fourth-order valence-electron chi connectivity index (χ4n) is 2.95. The van der Waals surface area contributed by atoms with Crippen LogP contribution in [-0.4, -0.2) is 20.9 Å². The van der Waals surface area contributed by atoms with Crippen molar-refractivity contribution < 1.29 is 13.2 Å². The van der Waals surface area contributed by atoms with Crippen LogP contribution in [0.5, 0.6) is 0 Å². The van der Waals surface area contributed by atoms with Gasteiger partial charge in [-0.3, -0.25) is 4.79 Å². The summed E-state index contributed by atoms with van der Waals surface area (Å²) in [6, 6.07) is 16.6. The first-order valence-corrected chi connectivity index (χ1v) is 10.1. The van der Waals surface area contributed by atoms with Gasteiger partial charge >= 0.3 is 0 Å². The molecule has 2 aromatic carbocycles. The van der Waals surface area contributed by atoms with E-state index in [9.17, 15) is 13.2 Å². The molecule has 3 rings (SSSR count). The minimum Gasteiger partial charge on any atom is -0.312 e. The summed E-state index contributed by atoms with van der Waals surface area (Å²) < 4.78 is 27.1. The predicted molar refractivity (Wildman–Crippen MR) is 98.6 cm³/mol. The van der Waals surface area contributed by atoms with Crippen LogP contribution in [0.2, 0.25) is 0 Å². The van der Waals surface area contributed by atoms with Gasteiger partial charge in [-0.2, -0.15) is 0 Å². The van der Waals surface area contributed by atoms with Crippen LogP contribution in [0.4, 0.5) is 5.69 Å². The molecule has 1 aliphatic heterocycles. The van der Waals surface area contributed by atoms with E-state index in [0.29, 0.717) is 6.42 Å². The molecular formula is C19H22N2O3S. The number of carbonyl (C=O) groups excluding carboxylic acids is 1. The van der Waals surface area contributed by atoms with E-state index in [1.807, 2.05) is 42.5 Å². The summed E-state index contributed by atoms with van der Waals surface area (Å²) in [5.41, 5.74) is 2.43. The van der Waals surface area contributed by atoms with Crippen molar-refractivity contribution in [2.24, 2.45) is 0 Å². The van der Waals surface area contributed by atoms with Crippen LogP contribution in [0, 0.1) is 0 Å².